The van der Waals surface area contributed by atoms with E-state index in [0.29, 0.717) is 5.13 Å². The fourth-order valence-electron chi connectivity index (χ4n) is 2.89. The average molecular weight is 393 g/mol. The highest BCUT2D eigenvalue weighted by Crippen LogP contribution is 2.26. The quantitative estimate of drug-likeness (QED) is 0.522. The van der Waals surface area contributed by atoms with Crippen LogP contribution in [-0.2, 0) is 11.2 Å². The molecule has 0 spiro atoms. The first-order valence-electron chi connectivity index (χ1n) is 9.27. The van der Waals surface area contributed by atoms with E-state index in [1.165, 1.54) is 23.0 Å². The van der Waals surface area contributed by atoms with Gasteiger partial charge in [-0.3, -0.25) is 10.1 Å². The first-order valence-corrected chi connectivity index (χ1v) is 10.2. The smallest absolute Gasteiger partial charge is 0.250 e. The van der Waals surface area contributed by atoms with Crippen LogP contribution in [0.25, 0.3) is 17.3 Å². The van der Waals surface area contributed by atoms with Gasteiger partial charge in [-0.2, -0.15) is 0 Å². The van der Waals surface area contributed by atoms with Crippen LogP contribution >= 0.6 is 11.3 Å². The van der Waals surface area contributed by atoms with E-state index in [-0.39, 0.29) is 5.91 Å². The topological polar surface area (TPSA) is 51.2 Å². The van der Waals surface area contributed by atoms with E-state index < -0.39 is 0 Å². The van der Waals surface area contributed by atoms with Gasteiger partial charge in [0.05, 0.1) is 12.8 Å². The van der Waals surface area contributed by atoms with Gasteiger partial charge in [0.2, 0.25) is 5.91 Å². The number of hydrogen-bond donors (Lipinski definition) is 1. The van der Waals surface area contributed by atoms with Gasteiger partial charge in [-0.15, -0.1) is 11.3 Å². The maximum Gasteiger partial charge on any atom is 0.250 e. The average Bonchev–Trinajstić information content (AvgIpc) is 3.16. The van der Waals surface area contributed by atoms with Crippen LogP contribution in [0.15, 0.2) is 53.9 Å². The third-order valence-corrected chi connectivity index (χ3v) is 5.08. The number of aryl methyl sites for hydroxylation is 2. The van der Waals surface area contributed by atoms with Gasteiger partial charge in [0, 0.05) is 22.6 Å². The molecule has 0 aliphatic carbocycles. The monoisotopic (exact) mass is 392 g/mol. The van der Waals surface area contributed by atoms with Crippen LogP contribution in [0.1, 0.15) is 30.0 Å². The lowest BCUT2D eigenvalue weighted by molar-refractivity contribution is -0.111. The summed E-state index contributed by atoms with van der Waals surface area (Å²) in [7, 11) is 1.62. The van der Waals surface area contributed by atoms with Crippen LogP contribution in [0.5, 0.6) is 5.75 Å². The number of aromatic nitrogens is 1. The summed E-state index contributed by atoms with van der Waals surface area (Å²) in [6, 6.07) is 14.3. The molecule has 1 aromatic heterocycles. The first kappa shape index (κ1) is 19.8. The van der Waals surface area contributed by atoms with Gasteiger partial charge in [0.15, 0.2) is 5.13 Å². The largest absolute Gasteiger partial charge is 0.496 e. The van der Waals surface area contributed by atoms with Crippen molar-refractivity contribution in [3.63, 3.8) is 0 Å². The Labute approximate surface area is 169 Å². The molecule has 0 saturated heterocycles. The van der Waals surface area contributed by atoms with E-state index in [1.807, 2.05) is 30.5 Å². The summed E-state index contributed by atoms with van der Waals surface area (Å²) in [6.07, 6.45) is 5.46. The molecular weight excluding hydrogens is 368 g/mol. The molecule has 0 atom stereocenters. The second kappa shape index (κ2) is 9.33. The molecule has 1 amide bonds. The van der Waals surface area contributed by atoms with Crippen LogP contribution in [0, 0.1) is 6.92 Å². The molecule has 5 heteroatoms. The Bertz CT molecular complexity index is 975. The number of ether oxygens (including phenoxy) is 1. The maximum absolute atomic E-state index is 12.3. The fourth-order valence-corrected chi connectivity index (χ4v) is 3.61. The highest BCUT2D eigenvalue weighted by molar-refractivity contribution is 7.14. The number of anilines is 1. The summed E-state index contributed by atoms with van der Waals surface area (Å²) in [5.74, 6) is 0.514. The Morgan fingerprint density at radius 3 is 2.71 bits per heavy atom. The number of amides is 1. The van der Waals surface area contributed by atoms with Crippen molar-refractivity contribution in [2.45, 2.75) is 26.7 Å². The third kappa shape index (κ3) is 5.08. The third-order valence-electron chi connectivity index (χ3n) is 4.32. The minimum absolute atomic E-state index is 0.220. The molecule has 28 heavy (non-hydrogen) atoms. The maximum atomic E-state index is 12.3. The summed E-state index contributed by atoms with van der Waals surface area (Å²) in [4.78, 5) is 16.8. The summed E-state index contributed by atoms with van der Waals surface area (Å²) < 4.78 is 5.33. The number of hydrogen-bond acceptors (Lipinski definition) is 4. The molecule has 0 bridgehead atoms. The molecule has 4 nitrogen and oxygen atoms in total. The molecule has 2 aromatic carbocycles. The Hall–Kier alpha value is -2.92. The van der Waals surface area contributed by atoms with E-state index in [0.717, 1.165) is 41.0 Å². The zero-order valence-corrected chi connectivity index (χ0v) is 17.2. The van der Waals surface area contributed by atoms with E-state index in [9.17, 15) is 4.79 Å². The Morgan fingerprint density at radius 2 is 2.00 bits per heavy atom. The number of carbonyl (C=O) groups excluding carboxylic acids is 1. The predicted molar refractivity (Wildman–Crippen MR) is 117 cm³/mol. The van der Waals surface area contributed by atoms with Crippen molar-refractivity contribution in [3.8, 4) is 17.0 Å². The number of thiazole rings is 1. The summed E-state index contributed by atoms with van der Waals surface area (Å²) in [6.45, 7) is 4.18. The zero-order chi connectivity index (χ0) is 19.9. The van der Waals surface area contributed by atoms with Gasteiger partial charge in [-0.05, 0) is 37.1 Å². The first-order chi connectivity index (χ1) is 13.6. The normalized spacial score (nSPS) is 11.0. The number of methoxy groups -OCH3 is 1. The van der Waals surface area contributed by atoms with Crippen LogP contribution in [0.4, 0.5) is 5.13 Å². The van der Waals surface area contributed by atoms with Crippen molar-refractivity contribution < 1.29 is 9.53 Å². The van der Waals surface area contributed by atoms with E-state index in [4.69, 9.17) is 4.74 Å². The molecule has 3 rings (SSSR count). The highest BCUT2D eigenvalue weighted by Gasteiger charge is 2.07. The summed E-state index contributed by atoms with van der Waals surface area (Å²) >= 11 is 1.42. The number of benzene rings is 2. The molecule has 0 aliphatic heterocycles. The van der Waals surface area contributed by atoms with Gasteiger partial charge >= 0.3 is 0 Å². The zero-order valence-electron chi connectivity index (χ0n) is 16.4. The van der Waals surface area contributed by atoms with Crippen LogP contribution in [0.3, 0.4) is 0 Å². The van der Waals surface area contributed by atoms with Gasteiger partial charge in [-0.1, -0.05) is 49.2 Å². The van der Waals surface area contributed by atoms with Crippen LogP contribution in [0.2, 0.25) is 0 Å². The van der Waals surface area contributed by atoms with Crippen molar-refractivity contribution in [3.05, 3.63) is 70.6 Å². The van der Waals surface area contributed by atoms with E-state index >= 15 is 0 Å². The van der Waals surface area contributed by atoms with Crippen molar-refractivity contribution in [1.29, 1.82) is 0 Å². The summed E-state index contributed by atoms with van der Waals surface area (Å²) in [5, 5.41) is 5.36. The van der Waals surface area contributed by atoms with Gasteiger partial charge in [0.1, 0.15) is 5.75 Å². The highest BCUT2D eigenvalue weighted by atomic mass is 32.1. The van der Waals surface area contributed by atoms with Gasteiger partial charge in [0.25, 0.3) is 0 Å². The minimum atomic E-state index is -0.220. The van der Waals surface area contributed by atoms with Crippen molar-refractivity contribution in [2.24, 2.45) is 0 Å². The van der Waals surface area contributed by atoms with Crippen molar-refractivity contribution in [2.75, 3.05) is 12.4 Å². The number of rotatable bonds is 7. The molecule has 1 N–H and O–H groups in total. The van der Waals surface area contributed by atoms with E-state index in [1.54, 1.807) is 13.2 Å². The van der Waals surface area contributed by atoms with Crippen LogP contribution in [-0.4, -0.2) is 18.0 Å². The van der Waals surface area contributed by atoms with E-state index in [2.05, 4.69) is 41.5 Å². The molecule has 0 saturated carbocycles. The van der Waals surface area contributed by atoms with Crippen molar-refractivity contribution >= 4 is 28.5 Å². The molecule has 0 radical (unpaired) electrons. The molecule has 1 heterocycles. The SMILES string of the molecule is CCCc1ccc(-c2csc(NC(=O)/C=C/c3cc(C)ccc3OC)n2)cc1. The Morgan fingerprint density at radius 1 is 1.21 bits per heavy atom. The molecule has 0 unspecified atom stereocenters. The second-order valence-electron chi connectivity index (χ2n) is 6.55. The lowest BCUT2D eigenvalue weighted by Gasteiger charge is -2.05. The Balaban J connectivity index is 1.66. The van der Waals surface area contributed by atoms with Gasteiger partial charge in [-0.25, -0.2) is 4.98 Å². The molecule has 3 aromatic rings. The lowest BCUT2D eigenvalue weighted by atomic mass is 10.1. The Kier molecular flexibility index (Phi) is 6.61. The molecule has 144 valence electrons. The minimum Gasteiger partial charge on any atom is -0.496 e. The summed E-state index contributed by atoms with van der Waals surface area (Å²) in [5.41, 5.74) is 5.22. The van der Waals surface area contributed by atoms with Crippen LogP contribution < -0.4 is 10.1 Å². The lowest BCUT2D eigenvalue weighted by Crippen LogP contribution is -2.07. The number of nitrogens with one attached hydrogen (secondary N) is 1. The number of nitrogens with zero attached hydrogens (tertiary/aromatic N) is 1. The number of carbonyl (C=O) groups is 1. The standard InChI is InChI=1S/C23H24N2O2S/c1-4-5-17-7-9-18(10-8-17)20-15-28-23(24-20)25-22(26)13-11-19-14-16(2)6-12-21(19)27-3/h6-15H,4-5H2,1-3H3,(H,24,25,26)/b13-11+. The molecular formula is C23H24N2O2S. The van der Waals surface area contributed by atoms with Crippen molar-refractivity contribution in [1.82, 2.24) is 4.98 Å². The molecule has 0 fully saturated rings. The fraction of sp³-hybridized carbons (Fsp3) is 0.217. The van der Waals surface area contributed by atoms with Gasteiger partial charge < -0.3 is 4.74 Å². The second-order valence-corrected chi connectivity index (χ2v) is 7.41. The molecule has 0 aliphatic rings. The predicted octanol–water partition coefficient (Wildman–Crippen LogP) is 5.73.